The molecule has 110 valence electrons. The van der Waals surface area contributed by atoms with Crippen LogP contribution in [0.1, 0.15) is 13.3 Å². The first-order valence-corrected chi connectivity index (χ1v) is 7.14. The van der Waals surface area contributed by atoms with Crippen LogP contribution in [0.25, 0.3) is 11.4 Å². The summed E-state index contributed by atoms with van der Waals surface area (Å²) in [4.78, 5) is 12.3. The molecule has 1 aliphatic heterocycles. The minimum absolute atomic E-state index is 0.0310. The van der Waals surface area contributed by atoms with Gasteiger partial charge in [-0.1, -0.05) is 12.1 Å². The van der Waals surface area contributed by atoms with E-state index in [2.05, 4.69) is 20.8 Å². The zero-order chi connectivity index (χ0) is 14.8. The van der Waals surface area contributed by atoms with E-state index >= 15 is 0 Å². The van der Waals surface area contributed by atoms with Crippen LogP contribution in [0.3, 0.4) is 0 Å². The fraction of sp³-hybridized carbons (Fsp3) is 0.400. The zero-order valence-electron chi connectivity index (χ0n) is 12.2. The number of anilines is 1. The maximum absolute atomic E-state index is 12.3. The van der Waals surface area contributed by atoms with Crippen molar-refractivity contribution >= 4 is 11.6 Å². The van der Waals surface area contributed by atoms with E-state index in [-0.39, 0.29) is 17.9 Å². The molecule has 1 aromatic heterocycles. The molecule has 2 atom stereocenters. The second-order valence-corrected chi connectivity index (χ2v) is 5.47. The predicted octanol–water partition coefficient (Wildman–Crippen LogP) is 1.42. The Bertz CT molecular complexity index is 651. The number of hydrogen-bond acceptors (Lipinski definition) is 4. The Hall–Kier alpha value is -2.21. The highest BCUT2D eigenvalue weighted by Gasteiger charge is 2.29. The van der Waals surface area contributed by atoms with Gasteiger partial charge in [0.05, 0.1) is 5.92 Å². The van der Waals surface area contributed by atoms with Crippen LogP contribution in [0.15, 0.2) is 30.6 Å². The van der Waals surface area contributed by atoms with E-state index in [0.717, 1.165) is 30.0 Å². The van der Waals surface area contributed by atoms with E-state index < -0.39 is 0 Å². The molecular weight excluding hydrogens is 266 g/mol. The van der Waals surface area contributed by atoms with Crippen LogP contribution >= 0.6 is 0 Å². The molecule has 0 spiro atoms. The highest BCUT2D eigenvalue weighted by atomic mass is 16.1. The third kappa shape index (κ3) is 2.80. The highest BCUT2D eigenvalue weighted by molar-refractivity contribution is 5.93. The van der Waals surface area contributed by atoms with Gasteiger partial charge >= 0.3 is 0 Å². The molecule has 0 radical (unpaired) electrons. The molecule has 6 nitrogen and oxygen atoms in total. The van der Waals surface area contributed by atoms with Gasteiger partial charge in [0, 0.05) is 24.3 Å². The van der Waals surface area contributed by atoms with Gasteiger partial charge in [-0.3, -0.25) is 4.79 Å². The Morgan fingerprint density at radius 1 is 1.48 bits per heavy atom. The van der Waals surface area contributed by atoms with Gasteiger partial charge in [-0.25, -0.2) is 0 Å². The quantitative estimate of drug-likeness (QED) is 0.894. The predicted molar refractivity (Wildman–Crippen MR) is 80.6 cm³/mol. The first-order chi connectivity index (χ1) is 10.1. The first-order valence-electron chi connectivity index (χ1n) is 7.14. The van der Waals surface area contributed by atoms with Crippen molar-refractivity contribution in [3.8, 4) is 11.4 Å². The smallest absolute Gasteiger partial charge is 0.229 e. The van der Waals surface area contributed by atoms with E-state index in [1.54, 1.807) is 6.33 Å². The fourth-order valence-electron chi connectivity index (χ4n) is 2.73. The molecule has 2 aromatic rings. The SMILES string of the molecule is CC1NCCC1C(=O)Nc1cccc(-c2nncn2C)c1. The van der Waals surface area contributed by atoms with Crippen molar-refractivity contribution in [1.82, 2.24) is 20.1 Å². The number of aromatic nitrogens is 3. The number of carbonyl (C=O) groups excluding carboxylic acids is 1. The van der Waals surface area contributed by atoms with Gasteiger partial charge < -0.3 is 15.2 Å². The Morgan fingerprint density at radius 3 is 3.00 bits per heavy atom. The number of rotatable bonds is 3. The van der Waals surface area contributed by atoms with Crippen LogP contribution in [0, 0.1) is 5.92 Å². The summed E-state index contributed by atoms with van der Waals surface area (Å²) in [5, 5.41) is 14.3. The summed E-state index contributed by atoms with van der Waals surface area (Å²) in [5.41, 5.74) is 1.73. The maximum Gasteiger partial charge on any atom is 0.229 e. The van der Waals surface area contributed by atoms with Gasteiger partial charge in [-0.15, -0.1) is 10.2 Å². The topological polar surface area (TPSA) is 71.8 Å². The van der Waals surface area contributed by atoms with Crippen LogP contribution < -0.4 is 10.6 Å². The van der Waals surface area contributed by atoms with Crippen molar-refractivity contribution in [2.75, 3.05) is 11.9 Å². The minimum atomic E-state index is 0.0310. The Labute approximate surface area is 123 Å². The number of carbonyl (C=O) groups is 1. The van der Waals surface area contributed by atoms with Gasteiger partial charge in [0.25, 0.3) is 0 Å². The number of aryl methyl sites for hydroxylation is 1. The lowest BCUT2D eigenvalue weighted by atomic mass is 10.0. The lowest BCUT2D eigenvalue weighted by Gasteiger charge is -2.15. The van der Waals surface area contributed by atoms with Crippen molar-refractivity contribution in [1.29, 1.82) is 0 Å². The van der Waals surface area contributed by atoms with Crippen LogP contribution in [0.4, 0.5) is 5.69 Å². The van der Waals surface area contributed by atoms with Gasteiger partial charge in [0.1, 0.15) is 6.33 Å². The van der Waals surface area contributed by atoms with E-state index in [1.165, 1.54) is 0 Å². The minimum Gasteiger partial charge on any atom is -0.326 e. The van der Waals surface area contributed by atoms with Crippen LogP contribution in [0.2, 0.25) is 0 Å². The van der Waals surface area contributed by atoms with Gasteiger partial charge in [0.15, 0.2) is 5.82 Å². The van der Waals surface area contributed by atoms with E-state index in [4.69, 9.17) is 0 Å². The van der Waals surface area contributed by atoms with Gasteiger partial charge in [-0.2, -0.15) is 0 Å². The number of benzene rings is 1. The van der Waals surface area contributed by atoms with Crippen molar-refractivity contribution in [2.24, 2.45) is 13.0 Å². The molecule has 1 amide bonds. The normalized spacial score (nSPS) is 21.4. The average molecular weight is 285 g/mol. The highest BCUT2D eigenvalue weighted by Crippen LogP contribution is 2.22. The largest absolute Gasteiger partial charge is 0.326 e. The summed E-state index contributed by atoms with van der Waals surface area (Å²) in [6.45, 7) is 2.95. The fourth-order valence-corrected chi connectivity index (χ4v) is 2.73. The summed E-state index contributed by atoms with van der Waals surface area (Å²) in [6.07, 6.45) is 2.54. The summed E-state index contributed by atoms with van der Waals surface area (Å²) < 4.78 is 1.85. The lowest BCUT2D eigenvalue weighted by molar-refractivity contribution is -0.119. The first kappa shape index (κ1) is 13.8. The summed E-state index contributed by atoms with van der Waals surface area (Å²) in [5.74, 6) is 0.882. The van der Waals surface area contributed by atoms with Crippen LogP contribution in [-0.4, -0.2) is 33.3 Å². The standard InChI is InChI=1S/C15H19N5O/c1-10-13(6-7-16-10)15(21)18-12-5-3-4-11(8-12)14-19-17-9-20(14)2/h3-5,8-10,13,16H,6-7H2,1-2H3,(H,18,21). The summed E-state index contributed by atoms with van der Waals surface area (Å²) >= 11 is 0. The average Bonchev–Trinajstić information content (AvgIpc) is 3.07. The molecule has 1 fully saturated rings. The van der Waals surface area contributed by atoms with E-state index in [9.17, 15) is 4.79 Å². The Morgan fingerprint density at radius 2 is 2.33 bits per heavy atom. The molecule has 2 heterocycles. The molecule has 2 N–H and O–H groups in total. The van der Waals surface area contributed by atoms with Gasteiger partial charge in [0.2, 0.25) is 5.91 Å². The number of nitrogens with one attached hydrogen (secondary N) is 2. The molecule has 0 saturated carbocycles. The second-order valence-electron chi connectivity index (χ2n) is 5.47. The van der Waals surface area contributed by atoms with Crippen molar-refractivity contribution < 1.29 is 4.79 Å². The van der Waals surface area contributed by atoms with E-state index in [1.807, 2.05) is 42.8 Å². The summed E-state index contributed by atoms with van der Waals surface area (Å²) in [7, 11) is 1.90. The molecule has 21 heavy (non-hydrogen) atoms. The molecule has 0 aliphatic carbocycles. The van der Waals surface area contributed by atoms with Crippen molar-refractivity contribution in [3.63, 3.8) is 0 Å². The summed E-state index contributed by atoms with van der Waals surface area (Å²) in [6, 6.07) is 7.92. The maximum atomic E-state index is 12.3. The third-order valence-corrected chi connectivity index (χ3v) is 3.96. The van der Waals surface area contributed by atoms with Crippen molar-refractivity contribution in [2.45, 2.75) is 19.4 Å². The molecule has 2 unspecified atom stereocenters. The van der Waals surface area contributed by atoms with E-state index in [0.29, 0.717) is 0 Å². The van der Waals surface area contributed by atoms with Crippen LogP contribution in [0.5, 0.6) is 0 Å². The number of hydrogen-bond donors (Lipinski definition) is 2. The zero-order valence-corrected chi connectivity index (χ0v) is 12.2. The molecular formula is C15H19N5O. The Kier molecular flexibility index (Phi) is 3.70. The number of nitrogens with zero attached hydrogens (tertiary/aromatic N) is 3. The monoisotopic (exact) mass is 285 g/mol. The molecule has 1 saturated heterocycles. The van der Waals surface area contributed by atoms with Crippen molar-refractivity contribution in [3.05, 3.63) is 30.6 Å². The van der Waals surface area contributed by atoms with Crippen LogP contribution in [-0.2, 0) is 11.8 Å². The molecule has 3 rings (SSSR count). The third-order valence-electron chi connectivity index (χ3n) is 3.96. The number of amides is 1. The second kappa shape index (κ2) is 5.65. The molecule has 0 bridgehead atoms. The molecule has 1 aliphatic rings. The Balaban J connectivity index is 1.77. The van der Waals surface area contributed by atoms with Gasteiger partial charge in [-0.05, 0) is 32.0 Å². The lowest BCUT2D eigenvalue weighted by Crippen LogP contribution is -2.32. The molecule has 6 heteroatoms. The molecule has 1 aromatic carbocycles.